The van der Waals surface area contributed by atoms with Gasteiger partial charge >= 0.3 is 5.97 Å². The lowest BCUT2D eigenvalue weighted by Crippen LogP contribution is -2.41. The highest BCUT2D eigenvalue weighted by molar-refractivity contribution is 8.00. The molecule has 0 spiro atoms. The molecule has 2 rings (SSSR count). The third-order valence-electron chi connectivity index (χ3n) is 2.86. The van der Waals surface area contributed by atoms with Crippen molar-refractivity contribution in [2.45, 2.75) is 35.7 Å². The van der Waals surface area contributed by atoms with Gasteiger partial charge in [0, 0.05) is 4.90 Å². The Balaban J connectivity index is 2.19. The van der Waals surface area contributed by atoms with E-state index in [-0.39, 0.29) is 5.97 Å². The Kier molecular flexibility index (Phi) is 2.95. The first-order valence-electron chi connectivity index (χ1n) is 5.16. The summed E-state index contributed by atoms with van der Waals surface area (Å²) < 4.78 is 5.05. The Labute approximate surface area is 98.8 Å². The molecule has 0 radical (unpaired) electrons. The van der Waals surface area contributed by atoms with Crippen LogP contribution in [0.2, 0.25) is 0 Å². The first-order valence-corrected chi connectivity index (χ1v) is 6.04. The van der Waals surface area contributed by atoms with Crippen molar-refractivity contribution in [2.75, 3.05) is 0 Å². The summed E-state index contributed by atoms with van der Waals surface area (Å²) in [7, 11) is 0. The number of thioether (sulfide) groups is 1. The summed E-state index contributed by atoms with van der Waals surface area (Å²) in [6.45, 7) is 3.35. The Hall–Kier alpha value is -1.00. The summed E-state index contributed by atoms with van der Waals surface area (Å²) in [4.78, 5) is 12.6. The molecule has 1 fully saturated rings. The van der Waals surface area contributed by atoms with Gasteiger partial charge in [-0.2, -0.15) is 0 Å². The monoisotopic (exact) mass is 238 g/mol. The van der Waals surface area contributed by atoms with Crippen LogP contribution in [0.3, 0.4) is 0 Å². The summed E-state index contributed by atoms with van der Waals surface area (Å²) in [5.41, 5.74) is -1.11. The Morgan fingerprint density at radius 2 is 2.00 bits per heavy atom. The van der Waals surface area contributed by atoms with Crippen LogP contribution in [0.25, 0.3) is 0 Å². The summed E-state index contributed by atoms with van der Waals surface area (Å²) >= 11 is 1.35. The minimum absolute atomic E-state index is 0.341. The number of hydrogen-bond acceptors (Lipinski definition) is 4. The summed E-state index contributed by atoms with van der Waals surface area (Å²) in [5, 5.41) is 9.64. The Morgan fingerprint density at radius 1 is 1.38 bits per heavy atom. The van der Waals surface area contributed by atoms with E-state index in [1.807, 2.05) is 30.3 Å². The predicted molar refractivity (Wildman–Crippen MR) is 62.3 cm³/mol. The number of carbonyl (C=O) groups is 1. The molecule has 1 saturated heterocycles. The number of benzene rings is 1. The molecule has 0 bridgehead atoms. The van der Waals surface area contributed by atoms with Crippen molar-refractivity contribution in [3.8, 4) is 0 Å². The number of cyclic esters (lactones) is 1. The van der Waals surface area contributed by atoms with Gasteiger partial charge in [0.2, 0.25) is 0 Å². The van der Waals surface area contributed by atoms with Crippen LogP contribution in [0, 0.1) is 0 Å². The molecule has 1 heterocycles. The molecule has 0 aliphatic carbocycles. The minimum Gasteiger partial charge on any atom is -0.459 e. The molecule has 0 aromatic heterocycles. The van der Waals surface area contributed by atoms with Crippen molar-refractivity contribution in [1.82, 2.24) is 0 Å². The second-order valence-electron chi connectivity index (χ2n) is 4.12. The number of carbonyl (C=O) groups excluding carboxylic acids is 1. The van der Waals surface area contributed by atoms with Gasteiger partial charge in [0.25, 0.3) is 0 Å². The van der Waals surface area contributed by atoms with E-state index in [4.69, 9.17) is 4.74 Å². The minimum atomic E-state index is -1.11. The second-order valence-corrected chi connectivity index (χ2v) is 5.29. The number of hydrogen-bond donors (Lipinski definition) is 1. The van der Waals surface area contributed by atoms with E-state index in [1.54, 1.807) is 13.8 Å². The third-order valence-corrected chi connectivity index (χ3v) is 4.31. The molecule has 0 amide bonds. The first-order chi connectivity index (χ1) is 7.51. The third kappa shape index (κ3) is 1.95. The van der Waals surface area contributed by atoms with Crippen LogP contribution in [-0.2, 0) is 9.53 Å². The van der Waals surface area contributed by atoms with Crippen LogP contribution >= 0.6 is 11.8 Å². The standard InChI is InChI=1S/C12H14O3S/c1-8-12(2,14)10(11(13)15-8)16-9-6-4-3-5-7-9/h3-8,10,14H,1-2H3/t8-,10+,12-/m0/s1. The largest absolute Gasteiger partial charge is 0.459 e. The van der Waals surface area contributed by atoms with E-state index in [0.29, 0.717) is 0 Å². The molecule has 1 aromatic rings. The molecule has 3 atom stereocenters. The lowest BCUT2D eigenvalue weighted by atomic mass is 9.99. The van der Waals surface area contributed by atoms with Crippen molar-refractivity contribution in [3.05, 3.63) is 30.3 Å². The van der Waals surface area contributed by atoms with Gasteiger partial charge in [0.05, 0.1) is 0 Å². The fourth-order valence-electron chi connectivity index (χ4n) is 1.61. The molecule has 1 N–H and O–H groups in total. The number of rotatable bonds is 2. The van der Waals surface area contributed by atoms with Crippen molar-refractivity contribution >= 4 is 17.7 Å². The van der Waals surface area contributed by atoms with Gasteiger partial charge < -0.3 is 9.84 Å². The van der Waals surface area contributed by atoms with E-state index < -0.39 is 17.0 Å². The van der Waals surface area contributed by atoms with E-state index >= 15 is 0 Å². The topological polar surface area (TPSA) is 46.5 Å². The molecular weight excluding hydrogens is 224 g/mol. The molecule has 3 nitrogen and oxygen atoms in total. The molecule has 1 aromatic carbocycles. The van der Waals surface area contributed by atoms with Crippen molar-refractivity contribution < 1.29 is 14.6 Å². The fraction of sp³-hybridized carbons (Fsp3) is 0.417. The maximum atomic E-state index is 11.6. The van der Waals surface area contributed by atoms with E-state index in [2.05, 4.69) is 0 Å². The van der Waals surface area contributed by atoms with Gasteiger partial charge in [-0.05, 0) is 26.0 Å². The zero-order chi connectivity index (χ0) is 11.8. The van der Waals surface area contributed by atoms with Crippen LogP contribution in [-0.4, -0.2) is 28.0 Å². The lowest BCUT2D eigenvalue weighted by molar-refractivity contribution is -0.141. The zero-order valence-corrected chi connectivity index (χ0v) is 10.0. The van der Waals surface area contributed by atoms with Gasteiger partial charge in [-0.15, -0.1) is 11.8 Å². The molecule has 16 heavy (non-hydrogen) atoms. The van der Waals surface area contributed by atoms with E-state index in [0.717, 1.165) is 4.90 Å². The zero-order valence-electron chi connectivity index (χ0n) is 9.21. The van der Waals surface area contributed by atoms with Gasteiger partial charge in [-0.25, -0.2) is 0 Å². The quantitative estimate of drug-likeness (QED) is 0.799. The maximum absolute atomic E-state index is 11.6. The smallest absolute Gasteiger partial charge is 0.322 e. The molecular formula is C12H14O3S. The average molecular weight is 238 g/mol. The molecule has 86 valence electrons. The predicted octanol–water partition coefficient (Wildman–Crippen LogP) is 1.84. The van der Waals surface area contributed by atoms with Crippen LogP contribution in [0.5, 0.6) is 0 Å². The molecule has 4 heteroatoms. The molecule has 1 aliphatic rings. The molecule has 0 unspecified atom stereocenters. The SMILES string of the molecule is C[C@@H]1OC(=O)[C@@H](Sc2ccccc2)[C@@]1(C)O. The van der Waals surface area contributed by atoms with Crippen LogP contribution in [0.1, 0.15) is 13.8 Å². The number of aliphatic hydroxyl groups is 1. The van der Waals surface area contributed by atoms with Crippen LogP contribution in [0.4, 0.5) is 0 Å². The van der Waals surface area contributed by atoms with E-state index in [1.165, 1.54) is 11.8 Å². The highest BCUT2D eigenvalue weighted by atomic mass is 32.2. The van der Waals surface area contributed by atoms with E-state index in [9.17, 15) is 9.90 Å². The normalized spacial score (nSPS) is 33.8. The molecule has 0 saturated carbocycles. The van der Waals surface area contributed by atoms with Gasteiger partial charge in [0.15, 0.2) is 0 Å². The van der Waals surface area contributed by atoms with Gasteiger partial charge in [0.1, 0.15) is 17.0 Å². The highest BCUT2D eigenvalue weighted by Crippen LogP contribution is 2.38. The summed E-state index contributed by atoms with van der Waals surface area (Å²) in [6.07, 6.45) is -0.457. The first kappa shape index (κ1) is 11.5. The Morgan fingerprint density at radius 3 is 2.50 bits per heavy atom. The van der Waals surface area contributed by atoms with Crippen LogP contribution in [0.15, 0.2) is 35.2 Å². The number of ether oxygens (including phenoxy) is 1. The number of esters is 1. The Bertz CT molecular complexity index is 389. The molecule has 1 aliphatic heterocycles. The maximum Gasteiger partial charge on any atom is 0.322 e. The van der Waals surface area contributed by atoms with Crippen molar-refractivity contribution in [3.63, 3.8) is 0 Å². The lowest BCUT2D eigenvalue weighted by Gasteiger charge is -2.24. The average Bonchev–Trinajstić information content (AvgIpc) is 2.43. The summed E-state index contributed by atoms with van der Waals surface area (Å²) in [6, 6.07) is 9.55. The van der Waals surface area contributed by atoms with Crippen LogP contribution < -0.4 is 0 Å². The second kappa shape index (κ2) is 4.11. The summed E-state index contributed by atoms with van der Waals surface area (Å²) in [5.74, 6) is -0.341. The van der Waals surface area contributed by atoms with Gasteiger partial charge in [-0.1, -0.05) is 18.2 Å². The van der Waals surface area contributed by atoms with Crippen molar-refractivity contribution in [1.29, 1.82) is 0 Å². The van der Waals surface area contributed by atoms with Gasteiger partial charge in [-0.3, -0.25) is 4.79 Å². The highest BCUT2D eigenvalue weighted by Gasteiger charge is 2.51. The fourth-order valence-corrected chi connectivity index (χ4v) is 2.78. The van der Waals surface area contributed by atoms with Crippen molar-refractivity contribution in [2.24, 2.45) is 0 Å².